The Morgan fingerprint density at radius 2 is 2.14 bits per heavy atom. The molecule has 1 aromatic carbocycles. The van der Waals surface area contributed by atoms with Gasteiger partial charge >= 0.3 is 6.03 Å². The van der Waals surface area contributed by atoms with E-state index < -0.39 is 10.8 Å². The molecule has 2 rings (SSSR count). The first-order valence-electron chi connectivity index (χ1n) is 7.25. The predicted molar refractivity (Wildman–Crippen MR) is 90.0 cm³/mol. The summed E-state index contributed by atoms with van der Waals surface area (Å²) in [5.41, 5.74) is 1.07. The highest BCUT2D eigenvalue weighted by atomic mass is 32.2. The second-order valence-corrected chi connectivity index (χ2v) is 7.81. The lowest BCUT2D eigenvalue weighted by molar-refractivity contribution is 0.238. The molecule has 0 aromatic heterocycles. The van der Waals surface area contributed by atoms with Crippen molar-refractivity contribution in [2.75, 3.05) is 23.8 Å². The Bertz CT molecular complexity index is 462. The molecule has 1 aliphatic heterocycles. The van der Waals surface area contributed by atoms with Gasteiger partial charge in [0.1, 0.15) is 0 Å². The summed E-state index contributed by atoms with van der Waals surface area (Å²) in [6, 6.07) is 9.91. The van der Waals surface area contributed by atoms with Gasteiger partial charge in [-0.05, 0) is 24.2 Å². The number of rotatable bonds is 6. The van der Waals surface area contributed by atoms with Gasteiger partial charge in [0.05, 0.1) is 0 Å². The molecule has 4 nitrogen and oxygen atoms in total. The first-order chi connectivity index (χ1) is 10.2. The number of hydrogen-bond donors (Lipinski definition) is 2. The van der Waals surface area contributed by atoms with Crippen molar-refractivity contribution in [1.82, 2.24) is 10.6 Å². The van der Waals surface area contributed by atoms with Crippen molar-refractivity contribution >= 4 is 28.6 Å². The summed E-state index contributed by atoms with van der Waals surface area (Å²) < 4.78 is 11.9. The van der Waals surface area contributed by atoms with Crippen LogP contribution in [0.1, 0.15) is 18.4 Å². The standard InChI is InChI=1S/C15H22N2O2S2/c18-15(17-14-7-4-9-20-11-14)16-8-10-21(19)12-13-5-2-1-3-6-13/h1-3,5-6,14H,4,7-12H2,(H2,16,17,18)/t14-,21+/m0/s1. The lowest BCUT2D eigenvalue weighted by atomic mass is 10.2. The fraction of sp³-hybridized carbons (Fsp3) is 0.533. The molecule has 1 saturated heterocycles. The zero-order chi connectivity index (χ0) is 14.9. The molecule has 1 fully saturated rings. The third-order valence-corrected chi connectivity index (χ3v) is 5.81. The second-order valence-electron chi connectivity index (χ2n) is 5.09. The van der Waals surface area contributed by atoms with E-state index in [0.717, 1.165) is 24.2 Å². The summed E-state index contributed by atoms with van der Waals surface area (Å²) in [5, 5.41) is 5.77. The highest BCUT2D eigenvalue weighted by Crippen LogP contribution is 2.16. The minimum atomic E-state index is -0.941. The van der Waals surface area contributed by atoms with E-state index in [0.29, 0.717) is 18.1 Å². The summed E-state index contributed by atoms with van der Waals surface area (Å²) in [7, 11) is -0.941. The zero-order valence-corrected chi connectivity index (χ0v) is 13.7. The average Bonchev–Trinajstić information content (AvgIpc) is 2.49. The Morgan fingerprint density at radius 1 is 1.33 bits per heavy atom. The molecule has 0 radical (unpaired) electrons. The molecule has 1 aliphatic rings. The van der Waals surface area contributed by atoms with Crippen LogP contribution in [0.2, 0.25) is 0 Å². The molecule has 0 saturated carbocycles. The number of hydrogen-bond acceptors (Lipinski definition) is 3. The molecule has 2 atom stereocenters. The van der Waals surface area contributed by atoms with Crippen molar-refractivity contribution in [2.24, 2.45) is 0 Å². The topological polar surface area (TPSA) is 58.2 Å². The maximum atomic E-state index is 11.9. The SMILES string of the molecule is O=C(NCC[S@@](=O)Cc1ccccc1)N[C@H]1CCCSC1. The Labute approximate surface area is 132 Å². The third kappa shape index (κ3) is 6.52. The normalized spacial score (nSPS) is 19.7. The van der Waals surface area contributed by atoms with E-state index >= 15 is 0 Å². The highest BCUT2D eigenvalue weighted by Gasteiger charge is 2.15. The fourth-order valence-corrected chi connectivity index (χ4v) is 4.31. The number of amides is 2. The molecular weight excluding hydrogens is 304 g/mol. The van der Waals surface area contributed by atoms with E-state index in [2.05, 4.69) is 10.6 Å². The van der Waals surface area contributed by atoms with Gasteiger partial charge in [-0.15, -0.1) is 0 Å². The summed E-state index contributed by atoms with van der Waals surface area (Å²) in [4.78, 5) is 11.7. The molecule has 21 heavy (non-hydrogen) atoms. The van der Waals surface area contributed by atoms with Crippen molar-refractivity contribution < 1.29 is 9.00 Å². The number of benzene rings is 1. The number of nitrogens with one attached hydrogen (secondary N) is 2. The monoisotopic (exact) mass is 326 g/mol. The molecule has 6 heteroatoms. The Kier molecular flexibility index (Phi) is 7.09. The van der Waals surface area contributed by atoms with Gasteiger partial charge < -0.3 is 10.6 Å². The maximum Gasteiger partial charge on any atom is 0.315 e. The molecule has 0 spiro atoms. The van der Waals surface area contributed by atoms with Crippen LogP contribution in [-0.4, -0.2) is 40.1 Å². The van der Waals surface area contributed by atoms with Gasteiger partial charge in [-0.1, -0.05) is 30.3 Å². The molecule has 0 bridgehead atoms. The van der Waals surface area contributed by atoms with E-state index in [-0.39, 0.29) is 12.1 Å². The van der Waals surface area contributed by atoms with Crippen molar-refractivity contribution in [2.45, 2.75) is 24.6 Å². The Hall–Kier alpha value is -1.01. The first kappa shape index (κ1) is 16.4. The lowest BCUT2D eigenvalue weighted by Crippen LogP contribution is -2.45. The van der Waals surface area contributed by atoms with Gasteiger partial charge in [0.15, 0.2) is 0 Å². The van der Waals surface area contributed by atoms with Crippen molar-refractivity contribution in [1.29, 1.82) is 0 Å². The molecule has 116 valence electrons. The van der Waals surface area contributed by atoms with Gasteiger partial charge in [0.25, 0.3) is 0 Å². The largest absolute Gasteiger partial charge is 0.337 e. The molecule has 1 aromatic rings. The van der Waals surface area contributed by atoms with E-state index in [1.54, 1.807) is 0 Å². The molecule has 2 amide bonds. The second kappa shape index (κ2) is 9.10. The summed E-state index contributed by atoms with van der Waals surface area (Å²) in [6.07, 6.45) is 2.22. The molecule has 0 aliphatic carbocycles. The van der Waals surface area contributed by atoms with Crippen molar-refractivity contribution in [3.8, 4) is 0 Å². The van der Waals surface area contributed by atoms with E-state index in [9.17, 15) is 9.00 Å². The fourth-order valence-electron chi connectivity index (χ4n) is 2.20. The smallest absolute Gasteiger partial charge is 0.315 e. The van der Waals surface area contributed by atoms with Gasteiger partial charge in [-0.25, -0.2) is 4.79 Å². The average molecular weight is 326 g/mol. The lowest BCUT2D eigenvalue weighted by Gasteiger charge is -2.22. The van der Waals surface area contributed by atoms with Crippen LogP contribution < -0.4 is 10.6 Å². The summed E-state index contributed by atoms with van der Waals surface area (Å²) in [5.74, 6) is 3.22. The van der Waals surface area contributed by atoms with Crippen LogP contribution in [0, 0.1) is 0 Å². The van der Waals surface area contributed by atoms with Crippen molar-refractivity contribution in [3.05, 3.63) is 35.9 Å². The minimum Gasteiger partial charge on any atom is -0.337 e. The zero-order valence-electron chi connectivity index (χ0n) is 12.0. The Balaban J connectivity index is 1.60. The van der Waals surface area contributed by atoms with E-state index in [1.807, 2.05) is 42.1 Å². The first-order valence-corrected chi connectivity index (χ1v) is 9.89. The molecule has 1 heterocycles. The third-order valence-electron chi connectivity index (χ3n) is 3.28. The Morgan fingerprint density at radius 3 is 2.86 bits per heavy atom. The van der Waals surface area contributed by atoms with Crippen LogP contribution in [0.4, 0.5) is 4.79 Å². The van der Waals surface area contributed by atoms with Gasteiger partial charge in [0, 0.05) is 40.6 Å². The quantitative estimate of drug-likeness (QED) is 0.842. The summed E-state index contributed by atoms with van der Waals surface area (Å²) >= 11 is 1.88. The summed E-state index contributed by atoms with van der Waals surface area (Å²) in [6.45, 7) is 0.450. The number of urea groups is 1. The van der Waals surface area contributed by atoms with Gasteiger partial charge in [0.2, 0.25) is 0 Å². The molecular formula is C15H22N2O2S2. The predicted octanol–water partition coefficient (Wildman–Crippen LogP) is 2.13. The van der Waals surface area contributed by atoms with Crippen molar-refractivity contribution in [3.63, 3.8) is 0 Å². The number of carbonyl (C=O) groups excluding carboxylic acids is 1. The van der Waals surface area contributed by atoms with Crippen LogP contribution in [0.25, 0.3) is 0 Å². The van der Waals surface area contributed by atoms with Crippen LogP contribution in [0.5, 0.6) is 0 Å². The molecule has 2 N–H and O–H groups in total. The number of carbonyl (C=O) groups is 1. The highest BCUT2D eigenvalue weighted by molar-refractivity contribution is 7.99. The molecule has 0 unspecified atom stereocenters. The van der Waals surface area contributed by atoms with Crippen LogP contribution in [-0.2, 0) is 16.6 Å². The van der Waals surface area contributed by atoms with Crippen LogP contribution >= 0.6 is 11.8 Å². The van der Waals surface area contributed by atoms with Gasteiger partial charge in [-0.2, -0.15) is 11.8 Å². The van der Waals surface area contributed by atoms with Gasteiger partial charge in [-0.3, -0.25) is 4.21 Å². The minimum absolute atomic E-state index is 0.140. The van der Waals surface area contributed by atoms with Crippen LogP contribution in [0.15, 0.2) is 30.3 Å². The van der Waals surface area contributed by atoms with E-state index in [4.69, 9.17) is 0 Å². The van der Waals surface area contributed by atoms with Crippen LogP contribution in [0.3, 0.4) is 0 Å². The van der Waals surface area contributed by atoms with E-state index in [1.165, 1.54) is 5.75 Å². The number of thioether (sulfide) groups is 1. The maximum absolute atomic E-state index is 11.9.